The molecule has 0 saturated carbocycles. The molecule has 3 aromatic carbocycles. The molecule has 0 aliphatic carbocycles. The Bertz CT molecular complexity index is 960. The van der Waals surface area contributed by atoms with Crippen LogP contribution in [0.4, 0.5) is 0 Å². The summed E-state index contributed by atoms with van der Waals surface area (Å²) < 4.78 is 11.4. The van der Waals surface area contributed by atoms with Crippen molar-refractivity contribution in [1.82, 2.24) is 0 Å². The van der Waals surface area contributed by atoms with Gasteiger partial charge in [-0.2, -0.15) is 0 Å². The molecule has 3 rings (SSSR count). The van der Waals surface area contributed by atoms with Gasteiger partial charge in [-0.05, 0) is 95.2 Å². The summed E-state index contributed by atoms with van der Waals surface area (Å²) in [4.78, 5) is 0. The average Bonchev–Trinajstić information content (AvgIpc) is 2.90. The van der Waals surface area contributed by atoms with Crippen LogP contribution in [0.3, 0.4) is 0 Å². The predicted octanol–water partition coefficient (Wildman–Crippen LogP) is 8.04. The first-order chi connectivity index (χ1) is 18.0. The quantitative estimate of drug-likeness (QED) is 0.108. The smallest absolute Gasteiger partial charge is 0.157 e. The zero-order valence-corrected chi connectivity index (χ0v) is 24.7. The zero-order chi connectivity index (χ0) is 26.5. The lowest BCUT2D eigenvalue weighted by Gasteiger charge is -2.31. The first-order valence-electron chi connectivity index (χ1n) is 14.3. The first kappa shape index (κ1) is 29.6. The van der Waals surface area contributed by atoms with E-state index in [4.69, 9.17) is 9.47 Å². The van der Waals surface area contributed by atoms with Gasteiger partial charge in [-0.15, -0.1) is 0 Å². The molecule has 0 aromatic heterocycles. The van der Waals surface area contributed by atoms with Crippen molar-refractivity contribution in [2.45, 2.75) is 85.9 Å². The third-order valence-corrected chi connectivity index (χ3v) is 12.4. The largest absolute Gasteiger partial charge is 0.353 e. The van der Waals surface area contributed by atoms with Crippen LogP contribution in [0.25, 0.3) is 0 Å². The monoisotopic (exact) mass is 519 g/mol. The van der Waals surface area contributed by atoms with E-state index in [-0.39, 0.29) is 6.29 Å². The highest BCUT2D eigenvalue weighted by atomic mass is 31.2. The van der Waals surface area contributed by atoms with Crippen molar-refractivity contribution in [3.05, 3.63) is 89.5 Å². The van der Waals surface area contributed by atoms with Crippen LogP contribution in [-0.4, -0.2) is 25.7 Å². The van der Waals surface area contributed by atoms with E-state index < -0.39 is 7.26 Å². The number of unbranched alkanes of at least 4 members (excludes halogenated alkanes) is 5. The minimum absolute atomic E-state index is 0.0299. The molecule has 0 radical (unpaired) electrons. The second kappa shape index (κ2) is 15.4. The number of hydrogen-bond donors (Lipinski definition) is 0. The van der Waals surface area contributed by atoms with E-state index in [2.05, 4.69) is 93.6 Å². The lowest BCUT2D eigenvalue weighted by atomic mass is 10.1. The molecule has 3 heteroatoms. The van der Waals surface area contributed by atoms with Gasteiger partial charge in [-0.25, -0.2) is 0 Å². The van der Waals surface area contributed by atoms with Crippen LogP contribution in [0.2, 0.25) is 0 Å². The molecule has 0 bridgehead atoms. The van der Waals surface area contributed by atoms with Gasteiger partial charge in [-0.1, -0.05) is 73.9 Å². The van der Waals surface area contributed by atoms with E-state index in [1.54, 1.807) is 15.9 Å². The Balaban J connectivity index is 1.77. The highest BCUT2D eigenvalue weighted by Gasteiger charge is 2.47. The minimum atomic E-state index is -1.79. The SMILES string of the molecule is CCOC(CCCCCCCC[P+](c1ccccc1C)(c1ccccc1C)c1ccccc1C)OCC. The summed E-state index contributed by atoms with van der Waals surface area (Å²) in [6, 6.07) is 27.4. The van der Waals surface area contributed by atoms with Crippen molar-refractivity contribution in [1.29, 1.82) is 0 Å². The van der Waals surface area contributed by atoms with Gasteiger partial charge in [-0.3, -0.25) is 0 Å². The summed E-state index contributed by atoms with van der Waals surface area (Å²) in [5.74, 6) is 0. The van der Waals surface area contributed by atoms with Crippen LogP contribution in [0.15, 0.2) is 72.8 Å². The van der Waals surface area contributed by atoms with Crippen molar-refractivity contribution >= 4 is 23.2 Å². The number of rotatable bonds is 16. The van der Waals surface area contributed by atoms with Crippen LogP contribution in [0.5, 0.6) is 0 Å². The summed E-state index contributed by atoms with van der Waals surface area (Å²) >= 11 is 0. The molecule has 0 heterocycles. The molecule has 0 saturated heterocycles. The molecule has 37 heavy (non-hydrogen) atoms. The van der Waals surface area contributed by atoms with Gasteiger partial charge < -0.3 is 9.47 Å². The maximum absolute atomic E-state index is 5.70. The van der Waals surface area contributed by atoms with Gasteiger partial charge in [0.15, 0.2) is 6.29 Å². The van der Waals surface area contributed by atoms with Gasteiger partial charge in [0, 0.05) is 13.2 Å². The summed E-state index contributed by atoms with van der Waals surface area (Å²) in [6.07, 6.45) is 9.75. The molecule has 3 aromatic rings. The van der Waals surface area contributed by atoms with Gasteiger partial charge in [0.05, 0.1) is 6.16 Å². The molecule has 0 spiro atoms. The van der Waals surface area contributed by atoms with Gasteiger partial charge in [0.2, 0.25) is 0 Å². The Morgan fingerprint density at radius 2 is 0.919 bits per heavy atom. The van der Waals surface area contributed by atoms with E-state index in [0.29, 0.717) is 0 Å². The van der Waals surface area contributed by atoms with Gasteiger partial charge >= 0.3 is 0 Å². The third-order valence-electron chi connectivity index (χ3n) is 7.47. The lowest BCUT2D eigenvalue weighted by molar-refractivity contribution is -0.140. The van der Waals surface area contributed by atoms with E-state index >= 15 is 0 Å². The van der Waals surface area contributed by atoms with Crippen molar-refractivity contribution in [3.63, 3.8) is 0 Å². The molecule has 0 aliphatic heterocycles. The van der Waals surface area contributed by atoms with Crippen LogP contribution >= 0.6 is 7.26 Å². The molecule has 200 valence electrons. The van der Waals surface area contributed by atoms with Crippen molar-refractivity contribution < 1.29 is 9.47 Å². The number of benzene rings is 3. The normalized spacial score (nSPS) is 11.8. The summed E-state index contributed by atoms with van der Waals surface area (Å²) in [5, 5.41) is 4.66. The number of aryl methyl sites for hydroxylation is 3. The second-order valence-electron chi connectivity index (χ2n) is 10.1. The molecule has 0 fully saturated rings. The summed E-state index contributed by atoms with van der Waals surface area (Å²) in [6.45, 7) is 12.4. The van der Waals surface area contributed by atoms with Crippen LogP contribution in [0, 0.1) is 20.8 Å². The Morgan fingerprint density at radius 3 is 1.32 bits per heavy atom. The summed E-state index contributed by atoms with van der Waals surface area (Å²) in [5.41, 5.74) is 4.25. The standard InChI is InChI=1S/C34H48O2P/c1-6-35-34(36-7-2)26-12-10-8-9-11-19-27-37(31-23-16-13-20-28(31)3,32-24-17-14-21-29(32)4)33-25-18-15-22-30(33)5/h13-18,20-25,34H,6-12,19,26-27H2,1-5H3/q+1. The Kier molecular flexibility index (Phi) is 12.3. The molecule has 0 aliphatic rings. The van der Waals surface area contributed by atoms with E-state index in [1.807, 2.05) is 13.8 Å². The molecule has 0 atom stereocenters. The van der Waals surface area contributed by atoms with Crippen molar-refractivity contribution in [3.8, 4) is 0 Å². The van der Waals surface area contributed by atoms with Gasteiger partial charge in [0.1, 0.15) is 23.2 Å². The number of hydrogen-bond acceptors (Lipinski definition) is 2. The fourth-order valence-corrected chi connectivity index (χ4v) is 10.9. The predicted molar refractivity (Wildman–Crippen MR) is 164 cm³/mol. The van der Waals surface area contributed by atoms with Crippen LogP contribution in [0.1, 0.15) is 75.5 Å². The molecular weight excluding hydrogens is 471 g/mol. The molecule has 0 amide bonds. The fourth-order valence-electron chi connectivity index (χ4n) is 5.68. The maximum atomic E-state index is 5.70. The van der Waals surface area contributed by atoms with Crippen LogP contribution in [-0.2, 0) is 9.47 Å². The van der Waals surface area contributed by atoms with Crippen molar-refractivity contribution in [2.24, 2.45) is 0 Å². The van der Waals surface area contributed by atoms with E-state index in [9.17, 15) is 0 Å². The van der Waals surface area contributed by atoms with Crippen LogP contribution < -0.4 is 15.9 Å². The zero-order valence-electron chi connectivity index (χ0n) is 23.8. The molecule has 2 nitrogen and oxygen atoms in total. The molecule has 0 unspecified atom stereocenters. The first-order valence-corrected chi connectivity index (χ1v) is 16.3. The molecular formula is C34H48O2P+. The topological polar surface area (TPSA) is 18.5 Å². The highest BCUT2D eigenvalue weighted by molar-refractivity contribution is 7.96. The Labute approximate surface area is 227 Å². The fraction of sp³-hybridized carbons (Fsp3) is 0.471. The highest BCUT2D eigenvalue weighted by Crippen LogP contribution is 2.58. The minimum Gasteiger partial charge on any atom is -0.353 e. The Hall–Kier alpha value is -1.99. The van der Waals surface area contributed by atoms with E-state index in [0.717, 1.165) is 19.6 Å². The Morgan fingerprint density at radius 1 is 0.541 bits per heavy atom. The number of ether oxygens (including phenoxy) is 2. The second-order valence-corrected chi connectivity index (χ2v) is 13.7. The lowest BCUT2D eigenvalue weighted by Crippen LogP contribution is -2.37. The average molecular weight is 520 g/mol. The summed E-state index contributed by atoms with van der Waals surface area (Å²) in [7, 11) is -1.79. The van der Waals surface area contributed by atoms with Gasteiger partial charge in [0.25, 0.3) is 0 Å². The molecule has 0 N–H and O–H groups in total. The van der Waals surface area contributed by atoms with Crippen molar-refractivity contribution in [2.75, 3.05) is 19.4 Å². The van der Waals surface area contributed by atoms with E-state index in [1.165, 1.54) is 61.4 Å². The third kappa shape index (κ3) is 7.76. The maximum Gasteiger partial charge on any atom is 0.157 e.